The number of rotatable bonds is 12. The summed E-state index contributed by atoms with van der Waals surface area (Å²) in [4.78, 5) is 14.0. The van der Waals surface area contributed by atoms with Crippen LogP contribution in [0.3, 0.4) is 0 Å². The summed E-state index contributed by atoms with van der Waals surface area (Å²) in [5.41, 5.74) is 4.61. The molecular weight excluding hydrogens is 611 g/mol. The molecule has 0 fully saturated rings. The molecule has 9 nitrogen and oxygen atoms in total. The molecule has 0 bridgehead atoms. The second-order valence-corrected chi connectivity index (χ2v) is 12.4. The Hall–Kier alpha value is -4.06. The number of nitrogens with one attached hydrogen (secondary N) is 1. The van der Waals surface area contributed by atoms with Crippen LogP contribution in [0.2, 0.25) is 0 Å². The molecular formula is C34H40N3O6S2+. The maximum atomic E-state index is 12.2. The van der Waals surface area contributed by atoms with Gasteiger partial charge in [-0.25, -0.2) is 9.37 Å². The fourth-order valence-corrected chi connectivity index (χ4v) is 6.12. The Bertz CT molecular complexity index is 1900. The summed E-state index contributed by atoms with van der Waals surface area (Å²) >= 11 is 5.76. The SMILES string of the molecule is C=C(C)C(=O)OCCNC(=S)c1cc(S(=O)(=O)O)ccc1-c1c2ccc(=[N+](CC)CC)cc-2oc2cc(N(CC)CC)ccc12. The number of esters is 1. The molecule has 0 saturated carbocycles. The van der Waals surface area contributed by atoms with Crippen LogP contribution in [-0.4, -0.2) is 63.3 Å². The van der Waals surface area contributed by atoms with Crippen LogP contribution in [0.25, 0.3) is 33.4 Å². The average Bonchev–Trinajstić information content (AvgIpc) is 3.02. The van der Waals surface area contributed by atoms with Gasteiger partial charge >= 0.3 is 5.97 Å². The normalized spacial score (nSPS) is 11.4. The largest absolute Gasteiger partial charge is 0.460 e. The number of carbonyl (C=O) groups is 1. The van der Waals surface area contributed by atoms with Crippen molar-refractivity contribution in [2.24, 2.45) is 0 Å². The molecule has 2 aromatic carbocycles. The average molecular weight is 651 g/mol. The van der Waals surface area contributed by atoms with E-state index in [1.807, 2.05) is 36.4 Å². The monoisotopic (exact) mass is 650 g/mol. The van der Waals surface area contributed by atoms with E-state index in [1.54, 1.807) is 13.0 Å². The Balaban J connectivity index is 1.98. The van der Waals surface area contributed by atoms with Crippen molar-refractivity contribution in [3.05, 3.63) is 77.7 Å². The first-order valence-corrected chi connectivity index (χ1v) is 16.8. The van der Waals surface area contributed by atoms with Crippen molar-refractivity contribution in [1.82, 2.24) is 9.89 Å². The Labute approximate surface area is 269 Å². The van der Waals surface area contributed by atoms with Crippen LogP contribution in [0, 0.1) is 0 Å². The smallest absolute Gasteiger partial charge is 0.333 e. The highest BCUT2D eigenvalue weighted by Crippen LogP contribution is 2.42. The summed E-state index contributed by atoms with van der Waals surface area (Å²) in [7, 11) is -4.53. The topological polar surface area (TPSA) is 112 Å². The van der Waals surface area contributed by atoms with E-state index >= 15 is 0 Å². The van der Waals surface area contributed by atoms with E-state index in [9.17, 15) is 17.8 Å². The van der Waals surface area contributed by atoms with Gasteiger partial charge in [-0.1, -0.05) is 24.9 Å². The molecule has 11 heteroatoms. The summed E-state index contributed by atoms with van der Waals surface area (Å²) in [5, 5.41) is 4.90. The standard InChI is InChI=1S/C34H39N3O6S2/c1-7-36(8-2)23-11-14-27-30(19-23)43-31-20-24(37(9-3)10-4)12-15-28(31)32(27)26-16-13-25(45(39,40)41)21-29(26)33(44)35-17-18-42-34(38)22(5)6/h11-16,19-21H,5,7-10,17-18H2,1-4,6H3,(H-,35,39,40,41,44)/p+1. The van der Waals surface area contributed by atoms with Crippen LogP contribution in [-0.2, 0) is 19.6 Å². The number of benzene rings is 3. The molecule has 45 heavy (non-hydrogen) atoms. The lowest BCUT2D eigenvalue weighted by Gasteiger charge is -2.23. The number of ether oxygens (including phenoxy) is 1. The Morgan fingerprint density at radius 2 is 1.71 bits per heavy atom. The first-order valence-electron chi connectivity index (χ1n) is 15.0. The van der Waals surface area contributed by atoms with E-state index in [2.05, 4.69) is 49.1 Å². The van der Waals surface area contributed by atoms with Gasteiger partial charge in [0.2, 0.25) is 5.36 Å². The van der Waals surface area contributed by atoms with Crippen LogP contribution in [0.1, 0.15) is 40.2 Å². The minimum atomic E-state index is -4.53. The number of hydrogen-bond acceptors (Lipinski definition) is 7. The molecule has 2 aliphatic rings. The molecule has 1 heterocycles. The Kier molecular flexibility index (Phi) is 10.8. The molecule has 2 N–H and O–H groups in total. The maximum Gasteiger partial charge on any atom is 0.333 e. The van der Waals surface area contributed by atoms with E-state index in [-0.39, 0.29) is 28.6 Å². The Morgan fingerprint density at radius 3 is 2.33 bits per heavy atom. The molecule has 0 radical (unpaired) electrons. The van der Waals surface area contributed by atoms with Gasteiger partial charge in [0.25, 0.3) is 10.1 Å². The minimum absolute atomic E-state index is 0.0253. The highest BCUT2D eigenvalue weighted by atomic mass is 32.2. The highest BCUT2D eigenvalue weighted by Gasteiger charge is 2.24. The number of fused-ring (bicyclic) bond motifs is 2. The lowest BCUT2D eigenvalue weighted by molar-refractivity contribution is -0.138. The van der Waals surface area contributed by atoms with E-state index in [0.29, 0.717) is 22.5 Å². The van der Waals surface area contributed by atoms with Crippen LogP contribution in [0.15, 0.2) is 76.1 Å². The fraction of sp³-hybridized carbons (Fsp3) is 0.324. The predicted octanol–water partition coefficient (Wildman–Crippen LogP) is 5.49. The Morgan fingerprint density at radius 1 is 1.02 bits per heavy atom. The van der Waals surface area contributed by atoms with Crippen LogP contribution < -0.4 is 20.1 Å². The molecule has 0 unspecified atom stereocenters. The van der Waals surface area contributed by atoms with Crippen molar-refractivity contribution in [2.45, 2.75) is 39.5 Å². The molecule has 1 aliphatic heterocycles. The third kappa shape index (κ3) is 7.43. The number of anilines is 1. The first-order chi connectivity index (χ1) is 21.4. The van der Waals surface area contributed by atoms with Crippen LogP contribution in [0.5, 0.6) is 0 Å². The summed E-state index contributed by atoms with van der Waals surface area (Å²) in [6.45, 7) is 17.1. The van der Waals surface area contributed by atoms with Crippen LogP contribution >= 0.6 is 12.2 Å². The lowest BCUT2D eigenvalue weighted by atomic mass is 9.90. The quantitative estimate of drug-likeness (QED) is 0.0391. The van der Waals surface area contributed by atoms with Gasteiger partial charge in [-0.05, 0) is 70.5 Å². The van der Waals surface area contributed by atoms with Crippen molar-refractivity contribution in [3.63, 3.8) is 0 Å². The van der Waals surface area contributed by atoms with E-state index in [4.69, 9.17) is 21.4 Å². The molecule has 0 aromatic heterocycles. The zero-order valence-corrected chi connectivity index (χ0v) is 28.0. The van der Waals surface area contributed by atoms with Crippen molar-refractivity contribution in [1.29, 1.82) is 0 Å². The number of hydrogen-bond donors (Lipinski definition) is 2. The van der Waals surface area contributed by atoms with Crippen LogP contribution in [0.4, 0.5) is 5.69 Å². The first kappa shape index (κ1) is 33.8. The molecule has 0 spiro atoms. The van der Waals surface area contributed by atoms with E-state index in [1.165, 1.54) is 12.1 Å². The number of nitrogens with zero attached hydrogens (tertiary/aromatic N) is 2. The van der Waals surface area contributed by atoms with Crippen molar-refractivity contribution in [2.75, 3.05) is 44.2 Å². The van der Waals surface area contributed by atoms with Gasteiger partial charge in [-0.2, -0.15) is 8.42 Å². The molecule has 2 aromatic rings. The molecule has 0 saturated heterocycles. The lowest BCUT2D eigenvalue weighted by Crippen LogP contribution is -2.29. The van der Waals surface area contributed by atoms with Gasteiger partial charge in [0, 0.05) is 65.1 Å². The summed E-state index contributed by atoms with van der Waals surface area (Å²) in [6.07, 6.45) is 0. The highest BCUT2D eigenvalue weighted by molar-refractivity contribution is 7.85. The van der Waals surface area contributed by atoms with Gasteiger partial charge < -0.3 is 19.4 Å². The molecule has 4 rings (SSSR count). The van der Waals surface area contributed by atoms with Gasteiger partial charge in [0.1, 0.15) is 36.0 Å². The molecule has 238 valence electrons. The minimum Gasteiger partial charge on any atom is -0.460 e. The third-order valence-corrected chi connectivity index (χ3v) is 8.93. The summed E-state index contributed by atoms with van der Waals surface area (Å²) in [6, 6.07) is 16.5. The zero-order chi connectivity index (χ0) is 32.9. The second-order valence-electron chi connectivity index (χ2n) is 10.5. The second kappa shape index (κ2) is 14.4. The molecule has 0 amide bonds. The summed E-state index contributed by atoms with van der Waals surface area (Å²) in [5.74, 6) is 0.143. The van der Waals surface area contributed by atoms with E-state index < -0.39 is 16.1 Å². The number of carbonyl (C=O) groups excluding carboxylic acids is 1. The van der Waals surface area contributed by atoms with Crippen molar-refractivity contribution >= 4 is 50.0 Å². The fourth-order valence-electron chi connectivity index (χ4n) is 5.35. The predicted molar refractivity (Wildman–Crippen MR) is 183 cm³/mol. The van der Waals surface area contributed by atoms with Crippen molar-refractivity contribution < 1.29 is 26.9 Å². The number of thiocarbonyl (C=S) groups is 1. The van der Waals surface area contributed by atoms with E-state index in [0.717, 1.165) is 53.7 Å². The third-order valence-electron chi connectivity index (χ3n) is 7.72. The maximum absolute atomic E-state index is 12.2. The van der Waals surface area contributed by atoms with Crippen molar-refractivity contribution in [3.8, 4) is 22.5 Å². The van der Waals surface area contributed by atoms with Gasteiger partial charge in [-0.15, -0.1) is 0 Å². The molecule has 0 atom stereocenters. The van der Waals surface area contributed by atoms with Gasteiger partial charge in [0.15, 0.2) is 0 Å². The molecule has 1 aliphatic carbocycles. The van der Waals surface area contributed by atoms with Gasteiger partial charge in [0.05, 0.1) is 11.0 Å². The van der Waals surface area contributed by atoms with Gasteiger partial charge in [-0.3, -0.25) is 4.55 Å². The summed E-state index contributed by atoms with van der Waals surface area (Å²) < 4.78 is 48.3. The zero-order valence-electron chi connectivity index (χ0n) is 26.3.